The third-order valence-electron chi connectivity index (χ3n) is 3.03. The number of hydrogen-bond donors (Lipinski definition) is 1. The minimum absolute atomic E-state index is 0. The maximum Gasteiger partial charge on any atom is 0.356 e. The summed E-state index contributed by atoms with van der Waals surface area (Å²) in [6.07, 6.45) is 3.97. The molecule has 2 heterocycles. The topological polar surface area (TPSA) is 98.6 Å². The van der Waals surface area contributed by atoms with E-state index in [9.17, 15) is 9.59 Å². The smallest absolute Gasteiger partial charge is 0.356 e. The molecule has 0 unspecified atom stereocenters. The second-order valence-corrected chi connectivity index (χ2v) is 6.82. The summed E-state index contributed by atoms with van der Waals surface area (Å²) in [5.41, 5.74) is 2.32. The predicted octanol–water partition coefficient (Wildman–Crippen LogP) is 4.41. The Hall–Kier alpha value is -1.93. The van der Waals surface area contributed by atoms with Crippen LogP contribution in [0, 0.1) is 0 Å². The highest BCUT2D eigenvalue weighted by molar-refractivity contribution is 6.63. The molecule has 2 rings (SSSR count). The molecule has 0 bridgehead atoms. The van der Waals surface area contributed by atoms with Gasteiger partial charge in [-0.1, -0.05) is 49.2 Å². The van der Waals surface area contributed by atoms with Crippen LogP contribution in [0.1, 0.15) is 46.5 Å². The van der Waals surface area contributed by atoms with Crippen LogP contribution in [0.4, 0.5) is 0 Å². The van der Waals surface area contributed by atoms with Crippen molar-refractivity contribution in [3.05, 3.63) is 59.2 Å². The maximum atomic E-state index is 11.0. The number of ether oxygens (including phenoxy) is 2. The predicted molar refractivity (Wildman–Crippen MR) is 115 cm³/mol. The van der Waals surface area contributed by atoms with E-state index in [1.165, 1.54) is 26.5 Å². The average molecular weight is 468 g/mol. The van der Waals surface area contributed by atoms with E-state index in [4.69, 9.17) is 39.9 Å². The van der Waals surface area contributed by atoms with E-state index in [2.05, 4.69) is 19.4 Å². The van der Waals surface area contributed by atoms with Crippen LogP contribution in [-0.4, -0.2) is 45.5 Å². The molecule has 1 N–H and O–H groups in total. The fraction of sp³-hybridized carbons (Fsp3) is 0.368. The summed E-state index contributed by atoms with van der Waals surface area (Å²) in [5, 5.41) is 8.74. The molecule has 2 aromatic heterocycles. The Morgan fingerprint density at radius 2 is 1.34 bits per heavy atom. The molecule has 0 saturated carbocycles. The van der Waals surface area contributed by atoms with Gasteiger partial charge in [-0.3, -0.25) is 0 Å². The van der Waals surface area contributed by atoms with Crippen molar-refractivity contribution in [3.63, 3.8) is 0 Å². The van der Waals surface area contributed by atoms with Gasteiger partial charge in [0.05, 0.1) is 20.8 Å². The van der Waals surface area contributed by atoms with Crippen LogP contribution in [0.2, 0.25) is 0 Å². The molecule has 162 valence electrons. The van der Waals surface area contributed by atoms with Crippen LogP contribution in [0.5, 0.6) is 0 Å². The van der Waals surface area contributed by atoms with Crippen molar-refractivity contribution in [1.82, 2.24) is 9.97 Å². The van der Waals surface area contributed by atoms with Gasteiger partial charge in [0.25, 0.3) is 0 Å². The average Bonchev–Trinajstić information content (AvgIpc) is 2.72. The molecule has 0 atom stereocenters. The molecule has 0 fully saturated rings. The Bertz CT molecular complexity index is 683. The minimum atomic E-state index is -0.750. The van der Waals surface area contributed by atoms with Crippen LogP contribution in [0.15, 0.2) is 36.7 Å². The third-order valence-corrected chi connectivity index (χ3v) is 3.03. The van der Waals surface area contributed by atoms with Crippen LogP contribution < -0.4 is 0 Å². The number of methoxy groups -OCH3 is 2. The Morgan fingerprint density at radius 3 is 1.69 bits per heavy atom. The van der Waals surface area contributed by atoms with Gasteiger partial charge in [0.15, 0.2) is 4.30 Å². The molecule has 0 aliphatic heterocycles. The summed E-state index contributed by atoms with van der Waals surface area (Å²) in [6, 6.07) is 6.75. The van der Waals surface area contributed by atoms with Crippen molar-refractivity contribution in [2.24, 2.45) is 0 Å². The van der Waals surface area contributed by atoms with Gasteiger partial charge in [-0.2, -0.15) is 0 Å². The highest BCUT2D eigenvalue weighted by Crippen LogP contribution is 2.04. The highest BCUT2D eigenvalue weighted by atomic mass is 35.6. The summed E-state index contributed by atoms with van der Waals surface area (Å²) < 4.78 is 8.24. The molecule has 0 radical (unpaired) electrons. The van der Waals surface area contributed by atoms with E-state index in [1.807, 2.05) is 13.0 Å². The summed E-state index contributed by atoms with van der Waals surface area (Å²) in [5.74, 6) is -0.879. The van der Waals surface area contributed by atoms with Crippen molar-refractivity contribution in [3.8, 4) is 0 Å². The van der Waals surface area contributed by atoms with E-state index in [0.717, 1.165) is 12.0 Å². The molecule has 0 amide bonds. The Labute approximate surface area is 185 Å². The fourth-order valence-corrected chi connectivity index (χ4v) is 1.70. The van der Waals surface area contributed by atoms with Gasteiger partial charge in [0, 0.05) is 12.4 Å². The van der Waals surface area contributed by atoms with Gasteiger partial charge in [-0.05, 0) is 41.8 Å². The molecule has 0 aromatic carbocycles. The molecule has 7 nitrogen and oxygen atoms in total. The number of halogens is 3. The van der Waals surface area contributed by atoms with Crippen molar-refractivity contribution >= 4 is 46.7 Å². The van der Waals surface area contributed by atoms with Crippen LogP contribution in [0.3, 0.4) is 0 Å². The molecule has 0 aliphatic carbocycles. The van der Waals surface area contributed by atoms with Crippen LogP contribution in [0.25, 0.3) is 0 Å². The van der Waals surface area contributed by atoms with Gasteiger partial charge >= 0.3 is 11.9 Å². The Balaban J connectivity index is 0. The lowest BCUT2D eigenvalue weighted by Gasteiger charge is -1.99. The van der Waals surface area contributed by atoms with Gasteiger partial charge in [0.1, 0.15) is 11.4 Å². The maximum absolute atomic E-state index is 11.0. The number of pyridine rings is 2. The van der Waals surface area contributed by atoms with Gasteiger partial charge in [0.2, 0.25) is 0 Å². The summed E-state index contributed by atoms with van der Waals surface area (Å²) in [4.78, 5) is 29.6. The van der Waals surface area contributed by atoms with Crippen molar-refractivity contribution < 1.29 is 24.2 Å². The molecule has 2 aromatic rings. The lowest BCUT2D eigenvalue weighted by atomic mass is 10.2. The van der Waals surface area contributed by atoms with Gasteiger partial charge < -0.3 is 14.6 Å². The second-order valence-electron chi connectivity index (χ2n) is 4.84. The van der Waals surface area contributed by atoms with Gasteiger partial charge in [-0.15, -0.1) is 0 Å². The number of aliphatic hydroxyl groups excluding tert-OH is 1. The van der Waals surface area contributed by atoms with Gasteiger partial charge in [-0.25, -0.2) is 19.6 Å². The number of carbonyl (C=O) groups excluding carboxylic acids is 2. The summed E-state index contributed by atoms with van der Waals surface area (Å²) in [7, 11) is 2.64. The van der Waals surface area contributed by atoms with Crippen LogP contribution >= 0.6 is 34.8 Å². The number of aromatic nitrogens is 2. The zero-order chi connectivity index (χ0) is 21.5. The molecular weight excluding hydrogens is 443 g/mol. The van der Waals surface area contributed by atoms with Crippen molar-refractivity contribution in [2.45, 2.75) is 31.7 Å². The number of alkyl halides is 3. The van der Waals surface area contributed by atoms with E-state index >= 15 is 0 Å². The van der Waals surface area contributed by atoms with Crippen molar-refractivity contribution in [2.75, 3.05) is 14.2 Å². The first-order chi connectivity index (χ1) is 13.3. The quantitative estimate of drug-likeness (QED) is 0.525. The van der Waals surface area contributed by atoms with Crippen LogP contribution in [-0.2, 0) is 22.5 Å². The highest BCUT2D eigenvalue weighted by Gasteiger charge is 2.06. The SMILES string of the molecule is C.CCc1ccnc(C(=O)OC)c1.COC(=O)c1cc(CO)ccn1.ClC(Cl)Cl. The molecule has 29 heavy (non-hydrogen) atoms. The molecule has 0 spiro atoms. The number of rotatable bonds is 4. The fourth-order valence-electron chi connectivity index (χ4n) is 1.70. The second kappa shape index (κ2) is 17.0. The third kappa shape index (κ3) is 13.0. The molecular formula is C19H25Cl3N2O5. The number of esters is 2. The largest absolute Gasteiger partial charge is 0.464 e. The Kier molecular flexibility index (Phi) is 17.1. The zero-order valence-corrected chi connectivity index (χ0v) is 17.8. The first-order valence-corrected chi connectivity index (χ1v) is 9.19. The van der Waals surface area contributed by atoms with E-state index in [-0.39, 0.29) is 25.7 Å². The zero-order valence-electron chi connectivity index (χ0n) is 15.6. The number of nitrogens with zero attached hydrogens (tertiary/aromatic N) is 2. The van der Waals surface area contributed by atoms with E-state index in [1.54, 1.807) is 18.3 Å². The lowest BCUT2D eigenvalue weighted by molar-refractivity contribution is 0.0585. The number of hydrogen-bond acceptors (Lipinski definition) is 7. The number of aryl methyl sites for hydroxylation is 1. The summed E-state index contributed by atoms with van der Waals surface area (Å²) in [6.45, 7) is 1.92. The molecule has 10 heteroatoms. The number of aliphatic hydroxyl groups is 1. The first-order valence-electron chi connectivity index (χ1n) is 7.88. The Morgan fingerprint density at radius 1 is 0.966 bits per heavy atom. The summed E-state index contributed by atoms with van der Waals surface area (Å²) >= 11 is 14.4. The van der Waals surface area contributed by atoms with Crippen molar-refractivity contribution in [1.29, 1.82) is 0 Å². The molecule has 0 saturated heterocycles. The first kappa shape index (κ1) is 29.3. The standard InChI is InChI=1S/C9H11NO2.C8H9NO3.CHCl3.CH4/c1-3-7-4-5-10-8(6-7)9(11)12-2;1-12-8(11)7-4-6(5-10)2-3-9-7;2-1(3)4;/h4-6H,3H2,1-2H3;2-4,10H,5H2,1H3;1H;1H4. The lowest BCUT2D eigenvalue weighted by Crippen LogP contribution is -2.04. The van der Waals surface area contributed by atoms with E-state index in [0.29, 0.717) is 11.3 Å². The number of carbonyl (C=O) groups is 2. The van der Waals surface area contributed by atoms with E-state index < -0.39 is 10.3 Å². The molecule has 0 aliphatic rings. The minimum Gasteiger partial charge on any atom is -0.464 e. The monoisotopic (exact) mass is 466 g/mol. The normalized spacial score (nSPS) is 9.10.